The number of hydrogen-bond donors (Lipinski definition) is 4. The van der Waals surface area contributed by atoms with Crippen LogP contribution in [0.1, 0.15) is 61.8 Å². The summed E-state index contributed by atoms with van der Waals surface area (Å²) in [4.78, 5) is 20.4. The number of carbonyl (C=O) groups is 2. The van der Waals surface area contributed by atoms with Gasteiger partial charge in [-0.15, -0.1) is 0 Å². The lowest BCUT2D eigenvalue weighted by Crippen LogP contribution is -2.53. The lowest BCUT2D eigenvalue weighted by Gasteiger charge is -2.41. The third kappa shape index (κ3) is 8.89. The number of hydrogen-bond acceptors (Lipinski definition) is 4. The predicted molar refractivity (Wildman–Crippen MR) is 113 cm³/mol. The number of carboxylic acids is 2. The SMILES string of the molecule is CCC(O)(C(C)C)C(C)(C)O.O=C(O)c1ccccc1.O=C(O)c1ccccc1. The third-order valence-electron chi connectivity index (χ3n) is 4.60. The second kappa shape index (κ2) is 12.0. The highest BCUT2D eigenvalue weighted by Gasteiger charge is 2.42. The Bertz CT molecular complexity index is 685. The lowest BCUT2D eigenvalue weighted by molar-refractivity contribution is -0.158. The lowest BCUT2D eigenvalue weighted by atomic mass is 9.75. The molecule has 2 aromatic carbocycles. The van der Waals surface area contributed by atoms with Crippen LogP contribution in [0.15, 0.2) is 60.7 Å². The van der Waals surface area contributed by atoms with Crippen LogP contribution in [0.3, 0.4) is 0 Å². The highest BCUT2D eigenvalue weighted by Crippen LogP contribution is 2.32. The first-order valence-electron chi connectivity index (χ1n) is 9.38. The summed E-state index contributed by atoms with van der Waals surface area (Å²) in [5.41, 5.74) is -1.32. The van der Waals surface area contributed by atoms with E-state index in [1.165, 1.54) is 0 Å². The Morgan fingerprint density at radius 1 is 0.793 bits per heavy atom. The number of benzene rings is 2. The highest BCUT2D eigenvalue weighted by molar-refractivity contribution is 5.87. The second-order valence-corrected chi connectivity index (χ2v) is 7.33. The van der Waals surface area contributed by atoms with Crippen molar-refractivity contribution in [3.05, 3.63) is 71.8 Å². The van der Waals surface area contributed by atoms with Crippen molar-refractivity contribution < 1.29 is 30.0 Å². The molecule has 2 aromatic rings. The van der Waals surface area contributed by atoms with Crippen molar-refractivity contribution >= 4 is 11.9 Å². The van der Waals surface area contributed by atoms with Gasteiger partial charge in [0.25, 0.3) is 0 Å². The van der Waals surface area contributed by atoms with Crippen LogP contribution in [0.25, 0.3) is 0 Å². The summed E-state index contributed by atoms with van der Waals surface area (Å²) in [6.45, 7) is 9.02. The van der Waals surface area contributed by atoms with Crippen LogP contribution in [0.2, 0.25) is 0 Å². The molecule has 29 heavy (non-hydrogen) atoms. The molecule has 4 N–H and O–H groups in total. The maximum absolute atomic E-state index is 10.2. The maximum Gasteiger partial charge on any atom is 0.335 e. The molecule has 0 fully saturated rings. The molecule has 0 aliphatic rings. The van der Waals surface area contributed by atoms with Crippen LogP contribution in [-0.4, -0.2) is 43.6 Å². The normalized spacial score (nSPS) is 12.6. The zero-order valence-electron chi connectivity index (χ0n) is 17.7. The first kappa shape index (κ1) is 26.3. The van der Waals surface area contributed by atoms with E-state index in [2.05, 4.69) is 0 Å². The Labute approximate surface area is 172 Å². The predicted octanol–water partition coefficient (Wildman–Crippen LogP) is 4.32. The minimum absolute atomic E-state index is 0.0764. The Balaban J connectivity index is 0.000000408. The minimum atomic E-state index is -1.02. The first-order valence-corrected chi connectivity index (χ1v) is 9.38. The van der Waals surface area contributed by atoms with E-state index in [0.29, 0.717) is 17.5 Å². The molecule has 160 valence electrons. The van der Waals surface area contributed by atoms with Gasteiger partial charge in [0.1, 0.15) is 0 Å². The van der Waals surface area contributed by atoms with Crippen LogP contribution < -0.4 is 0 Å². The van der Waals surface area contributed by atoms with Crippen molar-refractivity contribution in [2.24, 2.45) is 5.92 Å². The van der Waals surface area contributed by atoms with Crippen molar-refractivity contribution in [3.8, 4) is 0 Å². The standard InChI is InChI=1S/C9H20O2.2C7H6O2/c1-6-9(11,7(2)3)8(4,5)10;2*8-7(9)6-4-2-1-3-5-6/h7,10-11H,6H2,1-5H3;2*1-5H,(H,8,9). The smallest absolute Gasteiger partial charge is 0.335 e. The number of aromatic carboxylic acids is 2. The fourth-order valence-electron chi connectivity index (χ4n) is 2.71. The second-order valence-electron chi connectivity index (χ2n) is 7.33. The fourth-order valence-corrected chi connectivity index (χ4v) is 2.71. The summed E-state index contributed by atoms with van der Waals surface area (Å²) in [7, 11) is 0. The molecule has 0 saturated heterocycles. The van der Waals surface area contributed by atoms with Gasteiger partial charge in [-0.2, -0.15) is 0 Å². The Kier molecular flexibility index (Phi) is 10.9. The van der Waals surface area contributed by atoms with E-state index < -0.39 is 23.1 Å². The van der Waals surface area contributed by atoms with Crippen molar-refractivity contribution in [3.63, 3.8) is 0 Å². The molecule has 1 atom stereocenters. The topological polar surface area (TPSA) is 115 Å². The molecule has 0 saturated carbocycles. The first-order chi connectivity index (χ1) is 13.4. The molecule has 6 nitrogen and oxygen atoms in total. The molecule has 6 heteroatoms. The van der Waals surface area contributed by atoms with Crippen LogP contribution in [0.4, 0.5) is 0 Å². The van der Waals surface area contributed by atoms with E-state index in [1.54, 1.807) is 74.5 Å². The van der Waals surface area contributed by atoms with Crippen molar-refractivity contribution in [1.29, 1.82) is 0 Å². The maximum atomic E-state index is 10.2. The summed E-state index contributed by atoms with van der Waals surface area (Å²) >= 11 is 0. The third-order valence-corrected chi connectivity index (χ3v) is 4.60. The van der Waals surface area contributed by atoms with Gasteiger partial charge in [-0.3, -0.25) is 0 Å². The average molecular weight is 405 g/mol. The molecular formula is C23H32O6. The van der Waals surface area contributed by atoms with Gasteiger partial charge in [-0.1, -0.05) is 57.2 Å². The average Bonchev–Trinajstić information content (AvgIpc) is 2.68. The summed E-state index contributed by atoms with van der Waals surface area (Å²) in [6, 6.07) is 16.6. The monoisotopic (exact) mass is 404 g/mol. The zero-order chi connectivity index (χ0) is 22.7. The molecule has 1 unspecified atom stereocenters. The molecule has 2 rings (SSSR count). The zero-order valence-corrected chi connectivity index (χ0v) is 17.7. The van der Waals surface area contributed by atoms with Crippen molar-refractivity contribution in [2.45, 2.75) is 52.2 Å². The molecule has 0 heterocycles. The van der Waals surface area contributed by atoms with E-state index in [0.717, 1.165) is 0 Å². The van der Waals surface area contributed by atoms with Gasteiger partial charge in [-0.05, 0) is 50.5 Å². The van der Waals surface area contributed by atoms with E-state index in [-0.39, 0.29) is 5.92 Å². The van der Waals surface area contributed by atoms with Crippen LogP contribution in [0, 0.1) is 5.92 Å². The van der Waals surface area contributed by atoms with Crippen LogP contribution >= 0.6 is 0 Å². The Morgan fingerprint density at radius 2 is 1.10 bits per heavy atom. The van der Waals surface area contributed by atoms with Gasteiger partial charge in [0.2, 0.25) is 0 Å². The van der Waals surface area contributed by atoms with Gasteiger partial charge in [0.05, 0.1) is 22.3 Å². The van der Waals surface area contributed by atoms with Gasteiger partial charge in [0, 0.05) is 0 Å². The van der Waals surface area contributed by atoms with Crippen LogP contribution in [-0.2, 0) is 0 Å². The molecule has 0 spiro atoms. The summed E-state index contributed by atoms with van der Waals surface area (Å²) in [5.74, 6) is -1.68. The van der Waals surface area contributed by atoms with Gasteiger partial charge >= 0.3 is 11.9 Å². The van der Waals surface area contributed by atoms with Crippen molar-refractivity contribution in [1.82, 2.24) is 0 Å². The largest absolute Gasteiger partial charge is 0.478 e. The fraction of sp³-hybridized carbons (Fsp3) is 0.391. The van der Waals surface area contributed by atoms with E-state index in [4.69, 9.17) is 10.2 Å². The van der Waals surface area contributed by atoms with E-state index in [9.17, 15) is 19.8 Å². The number of aliphatic hydroxyl groups is 2. The summed E-state index contributed by atoms with van der Waals surface area (Å²) in [6.07, 6.45) is 0.578. The molecular weight excluding hydrogens is 372 g/mol. The van der Waals surface area contributed by atoms with Gasteiger partial charge in [-0.25, -0.2) is 9.59 Å². The van der Waals surface area contributed by atoms with E-state index in [1.807, 2.05) is 20.8 Å². The summed E-state index contributed by atoms with van der Waals surface area (Å²) in [5, 5.41) is 36.4. The molecule has 0 radical (unpaired) electrons. The Hall–Kier alpha value is -2.70. The number of carboxylic acid groups (broad SMARTS) is 2. The molecule has 0 aliphatic carbocycles. The molecule has 0 bridgehead atoms. The minimum Gasteiger partial charge on any atom is -0.478 e. The van der Waals surface area contributed by atoms with Gasteiger partial charge < -0.3 is 20.4 Å². The van der Waals surface area contributed by atoms with E-state index >= 15 is 0 Å². The highest BCUT2D eigenvalue weighted by atomic mass is 16.4. The number of rotatable bonds is 5. The molecule has 0 amide bonds. The quantitative estimate of drug-likeness (QED) is 0.590. The Morgan fingerprint density at radius 3 is 1.21 bits per heavy atom. The van der Waals surface area contributed by atoms with Crippen molar-refractivity contribution in [2.75, 3.05) is 0 Å². The van der Waals surface area contributed by atoms with Crippen LogP contribution in [0.5, 0.6) is 0 Å². The van der Waals surface area contributed by atoms with Gasteiger partial charge in [0.15, 0.2) is 0 Å². The molecule has 0 aromatic heterocycles. The summed E-state index contributed by atoms with van der Waals surface area (Å²) < 4.78 is 0. The molecule has 0 aliphatic heterocycles.